The molecule has 0 aliphatic carbocycles. The van der Waals surface area contributed by atoms with Gasteiger partial charge < -0.3 is 15.3 Å². The number of aliphatic carboxylic acids is 1. The Labute approximate surface area is 146 Å². The summed E-state index contributed by atoms with van der Waals surface area (Å²) in [6, 6.07) is 5.06. The number of carboxylic acid groups (broad SMARTS) is 1. The highest BCUT2D eigenvalue weighted by Crippen LogP contribution is 2.24. The highest BCUT2D eigenvalue weighted by atomic mass is 79.9. The number of hydrogen-bond donors (Lipinski definition) is 2. The van der Waals surface area contributed by atoms with Crippen LogP contribution in [0.3, 0.4) is 0 Å². The largest absolute Gasteiger partial charge is 0.481 e. The molecular weight excluding hydrogens is 384 g/mol. The molecule has 1 fully saturated rings. The molecule has 23 heavy (non-hydrogen) atoms. The van der Waals surface area contributed by atoms with Crippen molar-refractivity contribution >= 4 is 51.2 Å². The summed E-state index contributed by atoms with van der Waals surface area (Å²) in [5.74, 6) is 0.233. The van der Waals surface area contributed by atoms with Gasteiger partial charge in [0.05, 0.1) is 17.7 Å². The van der Waals surface area contributed by atoms with Gasteiger partial charge in [-0.25, -0.2) is 0 Å². The van der Waals surface area contributed by atoms with Crippen molar-refractivity contribution in [3.05, 3.63) is 28.2 Å². The Morgan fingerprint density at radius 3 is 2.57 bits per heavy atom. The second-order valence-electron chi connectivity index (χ2n) is 5.04. The van der Waals surface area contributed by atoms with Crippen LogP contribution in [-0.4, -0.2) is 52.4 Å². The molecule has 2 amide bonds. The van der Waals surface area contributed by atoms with Crippen LogP contribution in [0.15, 0.2) is 22.7 Å². The van der Waals surface area contributed by atoms with E-state index in [1.807, 2.05) is 11.8 Å². The minimum atomic E-state index is -1.03. The van der Waals surface area contributed by atoms with Crippen LogP contribution in [0, 0.1) is 0 Å². The number of amides is 2. The number of carboxylic acids is 1. The van der Waals surface area contributed by atoms with Crippen LogP contribution in [-0.2, 0) is 9.59 Å². The number of hydrogen-bond acceptors (Lipinski definition) is 4. The maximum atomic E-state index is 12.7. The van der Waals surface area contributed by atoms with Crippen molar-refractivity contribution in [2.75, 3.05) is 29.9 Å². The normalized spacial score (nSPS) is 14.4. The summed E-state index contributed by atoms with van der Waals surface area (Å²) in [7, 11) is 0. The molecule has 1 aromatic rings. The van der Waals surface area contributed by atoms with Gasteiger partial charge in [0.25, 0.3) is 5.91 Å². The van der Waals surface area contributed by atoms with Crippen molar-refractivity contribution < 1.29 is 19.5 Å². The van der Waals surface area contributed by atoms with Crippen LogP contribution in [0.1, 0.15) is 23.2 Å². The molecule has 1 aromatic carbocycles. The smallest absolute Gasteiger partial charge is 0.303 e. The minimum Gasteiger partial charge on any atom is -0.481 e. The average molecular weight is 401 g/mol. The average Bonchev–Trinajstić information content (AvgIpc) is 2.54. The Morgan fingerprint density at radius 2 is 1.91 bits per heavy atom. The lowest BCUT2D eigenvalue weighted by atomic mass is 10.1. The standard InChI is InChI=1S/C15H17BrN2O4S/c16-10-1-2-12(17-13(19)3-4-14(20)21)11(9-10)15(22)18-5-7-23-8-6-18/h1-2,9H,3-8H2,(H,17,19)(H,20,21). The first-order chi connectivity index (χ1) is 11.0. The fourth-order valence-corrected chi connectivity index (χ4v) is 3.44. The van der Waals surface area contributed by atoms with Gasteiger partial charge in [0, 0.05) is 35.5 Å². The van der Waals surface area contributed by atoms with Crippen LogP contribution in [0.4, 0.5) is 5.69 Å². The molecule has 0 saturated carbocycles. The van der Waals surface area contributed by atoms with Gasteiger partial charge in [-0.05, 0) is 18.2 Å². The van der Waals surface area contributed by atoms with Gasteiger partial charge in [-0.3, -0.25) is 14.4 Å². The molecule has 0 aromatic heterocycles. The molecule has 0 atom stereocenters. The zero-order valence-electron chi connectivity index (χ0n) is 12.4. The molecule has 1 aliphatic rings. The van der Waals surface area contributed by atoms with Gasteiger partial charge in [-0.2, -0.15) is 11.8 Å². The molecule has 2 rings (SSSR count). The lowest BCUT2D eigenvalue weighted by molar-refractivity contribution is -0.138. The molecule has 0 radical (unpaired) electrons. The molecule has 0 bridgehead atoms. The Bertz CT molecular complexity index is 617. The number of nitrogens with zero attached hydrogens (tertiary/aromatic N) is 1. The lowest BCUT2D eigenvalue weighted by Gasteiger charge is -2.27. The quantitative estimate of drug-likeness (QED) is 0.792. The van der Waals surface area contributed by atoms with E-state index >= 15 is 0 Å². The van der Waals surface area contributed by atoms with E-state index in [1.54, 1.807) is 23.1 Å². The molecule has 0 unspecified atom stereocenters. The molecule has 2 N–H and O–H groups in total. The van der Waals surface area contributed by atoms with Crippen molar-refractivity contribution in [1.29, 1.82) is 0 Å². The van der Waals surface area contributed by atoms with Gasteiger partial charge >= 0.3 is 5.97 Å². The Kier molecular flexibility index (Phi) is 6.47. The zero-order chi connectivity index (χ0) is 16.8. The monoisotopic (exact) mass is 400 g/mol. The fourth-order valence-electron chi connectivity index (χ4n) is 2.17. The van der Waals surface area contributed by atoms with Crippen LogP contribution < -0.4 is 5.32 Å². The number of carbonyl (C=O) groups is 3. The predicted octanol–water partition coefficient (Wildman–Crippen LogP) is 2.44. The number of nitrogens with one attached hydrogen (secondary N) is 1. The minimum absolute atomic E-state index is 0.125. The SMILES string of the molecule is O=C(O)CCC(=O)Nc1ccc(Br)cc1C(=O)N1CCSCC1. The summed E-state index contributed by atoms with van der Waals surface area (Å²) in [4.78, 5) is 36.8. The van der Waals surface area contributed by atoms with E-state index in [0.717, 1.165) is 16.0 Å². The lowest BCUT2D eigenvalue weighted by Crippen LogP contribution is -2.38. The van der Waals surface area contributed by atoms with E-state index in [4.69, 9.17) is 5.11 Å². The number of rotatable bonds is 5. The highest BCUT2D eigenvalue weighted by Gasteiger charge is 2.22. The second kappa shape index (κ2) is 8.35. The van der Waals surface area contributed by atoms with Crippen LogP contribution in [0.2, 0.25) is 0 Å². The molecule has 0 spiro atoms. The third-order valence-electron chi connectivity index (χ3n) is 3.35. The van der Waals surface area contributed by atoms with Crippen LogP contribution >= 0.6 is 27.7 Å². The summed E-state index contributed by atoms with van der Waals surface area (Å²) >= 11 is 5.15. The third kappa shape index (κ3) is 5.24. The van der Waals surface area contributed by atoms with E-state index in [0.29, 0.717) is 24.3 Å². The molecule has 124 valence electrons. The Morgan fingerprint density at radius 1 is 1.22 bits per heavy atom. The predicted molar refractivity (Wildman–Crippen MR) is 92.9 cm³/mol. The van der Waals surface area contributed by atoms with Gasteiger partial charge in [0.2, 0.25) is 5.91 Å². The molecule has 1 aliphatic heterocycles. The first-order valence-electron chi connectivity index (χ1n) is 7.15. The third-order valence-corrected chi connectivity index (χ3v) is 4.79. The van der Waals surface area contributed by atoms with Gasteiger partial charge in [-0.15, -0.1) is 0 Å². The zero-order valence-corrected chi connectivity index (χ0v) is 14.8. The van der Waals surface area contributed by atoms with E-state index in [9.17, 15) is 14.4 Å². The van der Waals surface area contributed by atoms with E-state index in [-0.39, 0.29) is 18.7 Å². The van der Waals surface area contributed by atoms with E-state index in [1.165, 1.54) is 0 Å². The van der Waals surface area contributed by atoms with Crippen LogP contribution in [0.25, 0.3) is 0 Å². The van der Waals surface area contributed by atoms with Gasteiger partial charge in [0.15, 0.2) is 0 Å². The van der Waals surface area contributed by atoms with Crippen molar-refractivity contribution in [3.8, 4) is 0 Å². The maximum absolute atomic E-state index is 12.7. The number of benzene rings is 1. The van der Waals surface area contributed by atoms with Crippen molar-refractivity contribution in [1.82, 2.24) is 4.90 Å². The molecule has 1 heterocycles. The van der Waals surface area contributed by atoms with Crippen molar-refractivity contribution in [2.45, 2.75) is 12.8 Å². The second-order valence-corrected chi connectivity index (χ2v) is 7.18. The van der Waals surface area contributed by atoms with Gasteiger partial charge in [-0.1, -0.05) is 15.9 Å². The summed E-state index contributed by atoms with van der Waals surface area (Å²) in [6.07, 6.45) is -0.367. The fraction of sp³-hybridized carbons (Fsp3) is 0.400. The topological polar surface area (TPSA) is 86.7 Å². The van der Waals surface area contributed by atoms with E-state index < -0.39 is 11.9 Å². The highest BCUT2D eigenvalue weighted by molar-refractivity contribution is 9.10. The first kappa shape index (κ1) is 17.8. The molecule has 8 heteroatoms. The number of anilines is 1. The first-order valence-corrected chi connectivity index (χ1v) is 9.10. The van der Waals surface area contributed by atoms with Crippen LogP contribution in [0.5, 0.6) is 0 Å². The number of thioether (sulfide) groups is 1. The summed E-state index contributed by atoms with van der Waals surface area (Å²) in [6.45, 7) is 1.37. The number of halogens is 1. The maximum Gasteiger partial charge on any atom is 0.303 e. The Hall–Kier alpha value is -1.54. The van der Waals surface area contributed by atoms with E-state index in [2.05, 4.69) is 21.2 Å². The van der Waals surface area contributed by atoms with Gasteiger partial charge in [0.1, 0.15) is 0 Å². The van der Waals surface area contributed by atoms with Crippen molar-refractivity contribution in [2.24, 2.45) is 0 Å². The Balaban J connectivity index is 2.14. The summed E-state index contributed by atoms with van der Waals surface area (Å²) < 4.78 is 0.746. The molecular formula is C15H17BrN2O4S. The molecule has 1 saturated heterocycles. The number of carbonyl (C=O) groups excluding carboxylic acids is 2. The summed E-state index contributed by atoms with van der Waals surface area (Å²) in [5.41, 5.74) is 0.821. The molecule has 6 nitrogen and oxygen atoms in total. The van der Waals surface area contributed by atoms with Crippen molar-refractivity contribution in [3.63, 3.8) is 0 Å². The summed E-state index contributed by atoms with van der Waals surface area (Å²) in [5, 5.41) is 11.3.